The predicted octanol–water partition coefficient (Wildman–Crippen LogP) is 4.39. The van der Waals surface area contributed by atoms with Crippen LogP contribution in [-0.2, 0) is 4.79 Å². The van der Waals surface area contributed by atoms with Crippen molar-refractivity contribution in [1.82, 2.24) is 10.3 Å². The van der Waals surface area contributed by atoms with E-state index in [1.165, 1.54) is 6.08 Å². The van der Waals surface area contributed by atoms with Gasteiger partial charge in [-0.1, -0.05) is 34.1 Å². The van der Waals surface area contributed by atoms with Gasteiger partial charge < -0.3 is 5.32 Å². The van der Waals surface area contributed by atoms with Crippen molar-refractivity contribution in [2.75, 3.05) is 0 Å². The second-order valence-electron chi connectivity index (χ2n) is 4.80. The molecule has 0 spiro atoms. The van der Waals surface area contributed by atoms with Gasteiger partial charge in [-0.15, -0.1) is 0 Å². The summed E-state index contributed by atoms with van der Waals surface area (Å²) in [6, 6.07) is 14.7. The molecule has 0 aliphatic carbocycles. The molecule has 0 saturated heterocycles. The van der Waals surface area contributed by atoms with Gasteiger partial charge in [0, 0.05) is 4.47 Å². The van der Waals surface area contributed by atoms with Gasteiger partial charge in [-0.05, 0) is 58.8 Å². The number of hydrogen-bond acceptors (Lipinski definition) is 3. The van der Waals surface area contributed by atoms with Crippen LogP contribution in [-0.4, -0.2) is 10.9 Å². The fourth-order valence-electron chi connectivity index (χ4n) is 1.91. The van der Waals surface area contributed by atoms with E-state index in [1.807, 2.05) is 37.3 Å². The maximum atomic E-state index is 12.3. The largest absolute Gasteiger partial charge is 0.345 e. The van der Waals surface area contributed by atoms with Crippen molar-refractivity contribution in [3.8, 4) is 6.07 Å². The molecule has 1 atom stereocenters. The molecule has 23 heavy (non-hydrogen) atoms. The first kappa shape index (κ1) is 17.4. The number of nitrogens with one attached hydrogen (secondary N) is 1. The molecule has 116 valence electrons. The van der Waals surface area contributed by atoms with E-state index in [0.29, 0.717) is 10.3 Å². The third-order valence-corrected chi connectivity index (χ3v) is 4.08. The molecule has 4 nitrogen and oxygen atoms in total. The highest BCUT2D eigenvalue weighted by Crippen LogP contribution is 2.17. The van der Waals surface area contributed by atoms with E-state index in [0.717, 1.165) is 10.0 Å². The highest BCUT2D eigenvalue weighted by molar-refractivity contribution is 9.10. The summed E-state index contributed by atoms with van der Waals surface area (Å²) in [5, 5.41) is 12.0. The lowest BCUT2D eigenvalue weighted by Gasteiger charge is -2.14. The average Bonchev–Trinajstić information content (AvgIpc) is 2.53. The summed E-state index contributed by atoms with van der Waals surface area (Å²) in [7, 11) is 0. The molecular formula is C17H13Br2N3O. The molecule has 1 heterocycles. The standard InChI is InChI=1S/C17H13Br2N3O/c1-11(12-5-7-14(18)8-6-12)21-17(23)13(10-20)9-15-3-2-4-16(19)22-15/h2-9,11H,1H3,(H,21,23)/b13-9+/t11-/m0/s1. The molecule has 0 fully saturated rings. The number of halogens is 2. The molecule has 6 heteroatoms. The van der Waals surface area contributed by atoms with E-state index in [2.05, 4.69) is 42.2 Å². The minimum Gasteiger partial charge on any atom is -0.345 e. The molecule has 1 amide bonds. The van der Waals surface area contributed by atoms with Crippen LogP contribution in [0.3, 0.4) is 0 Å². The number of pyridine rings is 1. The molecule has 0 aliphatic heterocycles. The Labute approximate surface area is 151 Å². The van der Waals surface area contributed by atoms with Crippen LogP contribution in [0.5, 0.6) is 0 Å². The minimum atomic E-state index is -0.426. The van der Waals surface area contributed by atoms with Crippen molar-refractivity contribution < 1.29 is 4.79 Å². The molecule has 0 radical (unpaired) electrons. The number of carbonyl (C=O) groups excluding carboxylic acids is 1. The minimum absolute atomic E-state index is 0.0135. The Kier molecular flexibility index (Phi) is 6.08. The van der Waals surface area contributed by atoms with Crippen LogP contribution in [0, 0.1) is 11.3 Å². The maximum Gasteiger partial charge on any atom is 0.262 e. The van der Waals surface area contributed by atoms with Crippen LogP contribution >= 0.6 is 31.9 Å². The summed E-state index contributed by atoms with van der Waals surface area (Å²) in [5.41, 5.74) is 1.52. The van der Waals surface area contributed by atoms with Crippen LogP contribution in [0.25, 0.3) is 6.08 Å². The number of benzene rings is 1. The Morgan fingerprint density at radius 2 is 1.96 bits per heavy atom. The molecule has 0 bridgehead atoms. The van der Waals surface area contributed by atoms with Crippen molar-refractivity contribution in [2.24, 2.45) is 0 Å². The smallest absolute Gasteiger partial charge is 0.262 e. The number of aromatic nitrogens is 1. The predicted molar refractivity (Wildman–Crippen MR) is 96.2 cm³/mol. The Hall–Kier alpha value is -1.97. The summed E-state index contributed by atoms with van der Waals surface area (Å²) in [4.78, 5) is 16.5. The first-order valence-electron chi connectivity index (χ1n) is 6.80. The molecule has 1 aromatic carbocycles. The normalized spacial score (nSPS) is 12.3. The molecule has 1 aromatic heterocycles. The molecule has 2 rings (SSSR count). The Morgan fingerprint density at radius 3 is 2.57 bits per heavy atom. The maximum absolute atomic E-state index is 12.3. The summed E-state index contributed by atoms with van der Waals surface area (Å²) >= 11 is 6.63. The number of nitriles is 1. The lowest BCUT2D eigenvalue weighted by Crippen LogP contribution is -2.27. The SMILES string of the molecule is C[C@H](NC(=O)/C(C#N)=C/c1cccc(Br)n1)c1ccc(Br)cc1. The molecular weight excluding hydrogens is 422 g/mol. The molecule has 0 unspecified atom stereocenters. The lowest BCUT2D eigenvalue weighted by molar-refractivity contribution is -0.117. The van der Waals surface area contributed by atoms with Gasteiger partial charge in [-0.3, -0.25) is 4.79 Å². The third-order valence-electron chi connectivity index (χ3n) is 3.11. The summed E-state index contributed by atoms with van der Waals surface area (Å²) in [6.45, 7) is 1.87. The van der Waals surface area contributed by atoms with E-state index in [9.17, 15) is 10.1 Å². The average molecular weight is 435 g/mol. The first-order chi connectivity index (χ1) is 11.0. The quantitative estimate of drug-likeness (QED) is 0.440. The van der Waals surface area contributed by atoms with Crippen LogP contribution in [0.15, 0.2) is 57.1 Å². The topological polar surface area (TPSA) is 65.8 Å². The fourth-order valence-corrected chi connectivity index (χ4v) is 2.53. The van der Waals surface area contributed by atoms with Crippen LogP contribution in [0.1, 0.15) is 24.2 Å². The number of rotatable bonds is 4. The summed E-state index contributed by atoms with van der Waals surface area (Å²) in [5.74, 6) is -0.426. The molecule has 0 aliphatic rings. The van der Waals surface area contributed by atoms with Crippen molar-refractivity contribution in [3.05, 3.63) is 68.4 Å². The summed E-state index contributed by atoms with van der Waals surface area (Å²) < 4.78 is 1.62. The number of nitrogens with zero attached hydrogens (tertiary/aromatic N) is 2. The van der Waals surface area contributed by atoms with E-state index in [-0.39, 0.29) is 11.6 Å². The molecule has 1 N–H and O–H groups in total. The molecule has 0 saturated carbocycles. The highest BCUT2D eigenvalue weighted by atomic mass is 79.9. The van der Waals surface area contributed by atoms with Gasteiger partial charge in [-0.25, -0.2) is 4.98 Å². The third kappa shape index (κ3) is 5.02. The second-order valence-corrected chi connectivity index (χ2v) is 6.53. The van der Waals surface area contributed by atoms with Gasteiger partial charge >= 0.3 is 0 Å². The van der Waals surface area contributed by atoms with E-state index in [1.54, 1.807) is 18.2 Å². The Balaban J connectivity index is 2.14. The van der Waals surface area contributed by atoms with Crippen molar-refractivity contribution in [1.29, 1.82) is 5.26 Å². The first-order valence-corrected chi connectivity index (χ1v) is 8.39. The number of carbonyl (C=O) groups is 1. The lowest BCUT2D eigenvalue weighted by atomic mass is 10.1. The Bertz CT molecular complexity index is 779. The van der Waals surface area contributed by atoms with E-state index < -0.39 is 5.91 Å². The van der Waals surface area contributed by atoms with Gasteiger partial charge in [0.15, 0.2) is 0 Å². The Morgan fingerprint density at radius 1 is 1.26 bits per heavy atom. The monoisotopic (exact) mass is 433 g/mol. The van der Waals surface area contributed by atoms with E-state index >= 15 is 0 Å². The van der Waals surface area contributed by atoms with Gasteiger partial charge in [0.05, 0.1) is 11.7 Å². The number of amides is 1. The van der Waals surface area contributed by atoms with Gasteiger partial charge in [0.1, 0.15) is 16.2 Å². The van der Waals surface area contributed by atoms with E-state index in [4.69, 9.17) is 0 Å². The van der Waals surface area contributed by atoms with Crippen molar-refractivity contribution in [3.63, 3.8) is 0 Å². The zero-order valence-electron chi connectivity index (χ0n) is 12.3. The van der Waals surface area contributed by atoms with Gasteiger partial charge in [0.2, 0.25) is 0 Å². The summed E-state index contributed by atoms with van der Waals surface area (Å²) in [6.07, 6.45) is 1.47. The van der Waals surface area contributed by atoms with Crippen LogP contribution in [0.2, 0.25) is 0 Å². The van der Waals surface area contributed by atoms with Gasteiger partial charge in [-0.2, -0.15) is 5.26 Å². The van der Waals surface area contributed by atoms with Crippen LogP contribution in [0.4, 0.5) is 0 Å². The zero-order chi connectivity index (χ0) is 16.8. The van der Waals surface area contributed by atoms with Crippen molar-refractivity contribution >= 4 is 43.8 Å². The molecule has 2 aromatic rings. The number of hydrogen-bond donors (Lipinski definition) is 1. The fraction of sp³-hybridized carbons (Fsp3) is 0.118. The van der Waals surface area contributed by atoms with Crippen LogP contribution < -0.4 is 5.32 Å². The van der Waals surface area contributed by atoms with Crippen molar-refractivity contribution in [2.45, 2.75) is 13.0 Å². The zero-order valence-corrected chi connectivity index (χ0v) is 15.4. The highest BCUT2D eigenvalue weighted by Gasteiger charge is 2.14. The van der Waals surface area contributed by atoms with Gasteiger partial charge in [0.25, 0.3) is 5.91 Å². The second kappa shape index (κ2) is 8.04.